The first-order chi connectivity index (χ1) is 11.2. The summed E-state index contributed by atoms with van der Waals surface area (Å²) >= 11 is 0. The second-order valence-electron chi connectivity index (χ2n) is 5.95. The van der Waals surface area contributed by atoms with E-state index in [0.29, 0.717) is 18.9 Å². The lowest BCUT2D eigenvalue weighted by atomic mass is 10.1. The number of para-hydroxylation sites is 1. The lowest BCUT2D eigenvalue weighted by molar-refractivity contribution is -0.118. The Bertz CT molecular complexity index is 739. The van der Waals surface area contributed by atoms with Crippen molar-refractivity contribution < 1.29 is 14.0 Å². The van der Waals surface area contributed by atoms with Crippen molar-refractivity contribution in [3.05, 3.63) is 36.2 Å². The molecule has 1 unspecified atom stereocenters. The van der Waals surface area contributed by atoms with Crippen molar-refractivity contribution in [2.45, 2.75) is 25.2 Å². The van der Waals surface area contributed by atoms with Gasteiger partial charge < -0.3 is 9.32 Å². The molecule has 0 spiro atoms. The van der Waals surface area contributed by atoms with Crippen molar-refractivity contribution in [3.8, 4) is 0 Å². The molecule has 7 nitrogen and oxygen atoms in total. The summed E-state index contributed by atoms with van der Waals surface area (Å²) in [6.07, 6.45) is 2.15. The van der Waals surface area contributed by atoms with Gasteiger partial charge in [0.15, 0.2) is 0 Å². The highest BCUT2D eigenvalue weighted by Crippen LogP contribution is 2.32. The van der Waals surface area contributed by atoms with E-state index in [1.807, 2.05) is 30.3 Å². The summed E-state index contributed by atoms with van der Waals surface area (Å²) in [5.41, 5.74) is 0.863. The average Bonchev–Trinajstić information content (AvgIpc) is 3.20. The molecule has 1 saturated carbocycles. The molecule has 2 heterocycles. The van der Waals surface area contributed by atoms with Crippen molar-refractivity contribution in [3.63, 3.8) is 0 Å². The van der Waals surface area contributed by atoms with Crippen LogP contribution in [0.15, 0.2) is 34.7 Å². The monoisotopic (exact) mass is 312 g/mol. The van der Waals surface area contributed by atoms with Gasteiger partial charge in [0, 0.05) is 24.6 Å². The van der Waals surface area contributed by atoms with Crippen LogP contribution in [-0.4, -0.2) is 28.6 Å². The van der Waals surface area contributed by atoms with Crippen LogP contribution in [0.25, 0.3) is 0 Å². The number of hydrogen-bond acceptors (Lipinski definition) is 5. The minimum absolute atomic E-state index is 0.0305. The van der Waals surface area contributed by atoms with Crippen LogP contribution in [0, 0.1) is 5.92 Å². The smallest absolute Gasteiger partial charge is 0.322 e. The summed E-state index contributed by atoms with van der Waals surface area (Å²) in [6.45, 7) is 0.501. The molecule has 118 valence electrons. The molecular formula is C16H16N4O3. The molecule has 23 heavy (non-hydrogen) atoms. The van der Waals surface area contributed by atoms with Gasteiger partial charge in [0.1, 0.15) is 0 Å². The second-order valence-corrected chi connectivity index (χ2v) is 5.95. The van der Waals surface area contributed by atoms with E-state index in [2.05, 4.69) is 15.5 Å². The number of aromatic nitrogens is 2. The zero-order chi connectivity index (χ0) is 15.8. The van der Waals surface area contributed by atoms with E-state index in [4.69, 9.17) is 4.42 Å². The van der Waals surface area contributed by atoms with Crippen LogP contribution < -0.4 is 10.2 Å². The van der Waals surface area contributed by atoms with Crippen LogP contribution in [0.2, 0.25) is 0 Å². The number of hydrogen-bond donors (Lipinski definition) is 1. The number of nitrogens with zero attached hydrogens (tertiary/aromatic N) is 3. The van der Waals surface area contributed by atoms with Gasteiger partial charge in [0.05, 0.1) is 5.92 Å². The molecule has 0 bridgehead atoms. The molecule has 4 rings (SSSR count). The van der Waals surface area contributed by atoms with E-state index >= 15 is 0 Å². The normalized spacial score (nSPS) is 20.8. The van der Waals surface area contributed by atoms with Crippen LogP contribution in [0.3, 0.4) is 0 Å². The maximum atomic E-state index is 12.2. The van der Waals surface area contributed by atoms with E-state index in [1.54, 1.807) is 4.90 Å². The topological polar surface area (TPSA) is 88.3 Å². The molecule has 2 aromatic rings. The molecule has 7 heteroatoms. The molecule has 2 fully saturated rings. The molecule has 1 N–H and O–H groups in total. The lowest BCUT2D eigenvalue weighted by Gasteiger charge is -2.15. The molecule has 1 atom stereocenters. The van der Waals surface area contributed by atoms with Crippen molar-refractivity contribution in [2.75, 3.05) is 16.8 Å². The molecule has 0 radical (unpaired) electrons. The lowest BCUT2D eigenvalue weighted by Crippen LogP contribution is -2.24. The fourth-order valence-corrected chi connectivity index (χ4v) is 2.73. The Morgan fingerprint density at radius 2 is 2.00 bits per heavy atom. The number of carbonyl (C=O) groups is 2. The number of carbonyl (C=O) groups excluding carboxylic acids is 2. The molecule has 1 saturated heterocycles. The highest BCUT2D eigenvalue weighted by Gasteiger charge is 2.35. The van der Waals surface area contributed by atoms with Gasteiger partial charge in [-0.3, -0.25) is 14.9 Å². The molecule has 1 aromatic carbocycles. The Balaban J connectivity index is 1.46. The quantitative estimate of drug-likeness (QED) is 0.932. The van der Waals surface area contributed by atoms with Crippen molar-refractivity contribution >= 4 is 23.5 Å². The summed E-state index contributed by atoms with van der Waals surface area (Å²) in [4.78, 5) is 25.6. The van der Waals surface area contributed by atoms with Gasteiger partial charge in [0.25, 0.3) is 0 Å². The minimum atomic E-state index is -0.151. The minimum Gasteiger partial charge on any atom is -0.407 e. The standard InChI is InChI=1S/C16H16N4O3/c21-13-8-11(9-20(13)12-4-2-1-3-5-12)15-18-19-16(23-15)17-14(22)10-6-7-10/h1-5,10-11H,6-9H2,(H,17,19,22). The van der Waals surface area contributed by atoms with Crippen LogP contribution in [0.4, 0.5) is 11.7 Å². The summed E-state index contributed by atoms with van der Waals surface area (Å²) < 4.78 is 5.52. The van der Waals surface area contributed by atoms with E-state index in [9.17, 15) is 9.59 Å². The van der Waals surface area contributed by atoms with E-state index in [1.165, 1.54) is 0 Å². The Kier molecular flexibility index (Phi) is 3.33. The number of nitrogens with one attached hydrogen (secondary N) is 1. The highest BCUT2D eigenvalue weighted by molar-refractivity contribution is 5.96. The van der Waals surface area contributed by atoms with Crippen molar-refractivity contribution in [1.29, 1.82) is 0 Å². The predicted molar refractivity (Wildman–Crippen MR) is 81.8 cm³/mol. The Morgan fingerprint density at radius 1 is 1.22 bits per heavy atom. The summed E-state index contributed by atoms with van der Waals surface area (Å²) in [5, 5.41) is 10.5. The largest absolute Gasteiger partial charge is 0.407 e. The first kappa shape index (κ1) is 13.9. The predicted octanol–water partition coefficient (Wildman–Crippen LogP) is 1.94. The van der Waals surface area contributed by atoms with Crippen molar-refractivity contribution in [2.24, 2.45) is 5.92 Å². The molecule has 1 aliphatic heterocycles. The molecule has 2 aliphatic rings. The zero-order valence-electron chi connectivity index (χ0n) is 12.4. The average molecular weight is 312 g/mol. The van der Waals surface area contributed by atoms with Crippen molar-refractivity contribution in [1.82, 2.24) is 10.2 Å². The summed E-state index contributed by atoms with van der Waals surface area (Å²) in [6, 6.07) is 9.61. The maximum Gasteiger partial charge on any atom is 0.322 e. The fraction of sp³-hybridized carbons (Fsp3) is 0.375. The Hall–Kier alpha value is -2.70. The maximum absolute atomic E-state index is 12.2. The summed E-state index contributed by atoms with van der Waals surface area (Å²) in [5.74, 6) is 0.271. The number of amides is 2. The summed E-state index contributed by atoms with van der Waals surface area (Å²) in [7, 11) is 0. The van der Waals surface area contributed by atoms with E-state index < -0.39 is 0 Å². The van der Waals surface area contributed by atoms with Crippen LogP contribution in [0.1, 0.15) is 31.1 Å². The SMILES string of the molecule is O=C(Nc1nnc(C2CC(=O)N(c3ccccc3)C2)o1)C1CC1. The highest BCUT2D eigenvalue weighted by atomic mass is 16.4. The van der Waals surface area contributed by atoms with Gasteiger partial charge in [-0.2, -0.15) is 0 Å². The molecule has 2 amide bonds. The molecule has 1 aromatic heterocycles. The molecular weight excluding hydrogens is 296 g/mol. The second kappa shape index (κ2) is 5.49. The number of rotatable bonds is 4. The molecule has 1 aliphatic carbocycles. The van der Waals surface area contributed by atoms with Gasteiger partial charge in [-0.15, -0.1) is 5.10 Å². The zero-order valence-corrected chi connectivity index (χ0v) is 12.4. The van der Waals surface area contributed by atoms with Gasteiger partial charge >= 0.3 is 6.01 Å². The Morgan fingerprint density at radius 3 is 2.74 bits per heavy atom. The van der Waals surface area contributed by atoms with Crippen LogP contribution in [0.5, 0.6) is 0 Å². The van der Waals surface area contributed by atoms with E-state index in [0.717, 1.165) is 18.5 Å². The third-order valence-corrected chi connectivity index (χ3v) is 4.16. The third kappa shape index (κ3) is 2.81. The van der Waals surface area contributed by atoms with Gasteiger partial charge in [-0.1, -0.05) is 23.3 Å². The third-order valence-electron chi connectivity index (χ3n) is 4.16. The first-order valence-corrected chi connectivity index (χ1v) is 7.70. The van der Waals surface area contributed by atoms with Gasteiger partial charge in [-0.05, 0) is 25.0 Å². The van der Waals surface area contributed by atoms with Crippen LogP contribution in [-0.2, 0) is 9.59 Å². The number of anilines is 2. The van der Waals surface area contributed by atoms with E-state index in [-0.39, 0.29) is 29.7 Å². The Labute approximate surface area is 132 Å². The number of benzene rings is 1. The van der Waals surface area contributed by atoms with Gasteiger partial charge in [-0.25, -0.2) is 0 Å². The first-order valence-electron chi connectivity index (χ1n) is 7.70. The van der Waals surface area contributed by atoms with Gasteiger partial charge in [0.2, 0.25) is 17.7 Å². The fourth-order valence-electron chi connectivity index (χ4n) is 2.73. The van der Waals surface area contributed by atoms with Crippen LogP contribution >= 0.6 is 0 Å².